The zero-order valence-corrected chi connectivity index (χ0v) is 7.07. The number of rotatable bonds is 1. The van der Waals surface area contributed by atoms with Gasteiger partial charge in [-0.25, -0.2) is 0 Å². The lowest BCUT2D eigenvalue weighted by Gasteiger charge is -2.01. The number of methoxy groups -OCH3 is 1. The van der Waals surface area contributed by atoms with Crippen LogP contribution >= 0.6 is 0 Å². The molecule has 0 fully saturated rings. The average Bonchev–Trinajstić information content (AvgIpc) is 2.42. The van der Waals surface area contributed by atoms with Gasteiger partial charge in [-0.1, -0.05) is 0 Å². The van der Waals surface area contributed by atoms with E-state index in [0.29, 0.717) is 16.9 Å². The molecule has 0 atom stereocenters. The molecular formula is C9H8N2O2. The molecule has 1 aliphatic heterocycles. The lowest BCUT2D eigenvalue weighted by atomic mass is 10.1. The molecule has 4 nitrogen and oxygen atoms in total. The van der Waals surface area contributed by atoms with Crippen molar-refractivity contribution in [3.63, 3.8) is 0 Å². The van der Waals surface area contributed by atoms with Gasteiger partial charge in [0.15, 0.2) is 0 Å². The summed E-state index contributed by atoms with van der Waals surface area (Å²) < 4.78 is 4.98. The molecule has 2 N–H and O–H groups in total. The van der Waals surface area contributed by atoms with Gasteiger partial charge in [-0.05, 0) is 18.2 Å². The molecular weight excluding hydrogens is 168 g/mol. The Kier molecular flexibility index (Phi) is 1.55. The molecule has 1 aromatic carbocycles. The largest absolute Gasteiger partial charge is 0.497 e. The Hall–Kier alpha value is -1.84. The highest BCUT2D eigenvalue weighted by Crippen LogP contribution is 2.22. The fourth-order valence-electron chi connectivity index (χ4n) is 1.28. The third kappa shape index (κ3) is 1.07. The van der Waals surface area contributed by atoms with Gasteiger partial charge in [0.2, 0.25) is 0 Å². The van der Waals surface area contributed by atoms with Gasteiger partial charge in [-0.15, -0.1) is 0 Å². The molecule has 2 rings (SSSR count). The summed E-state index contributed by atoms with van der Waals surface area (Å²) in [4.78, 5) is 14.9. The summed E-state index contributed by atoms with van der Waals surface area (Å²) >= 11 is 0. The molecule has 4 heteroatoms. The number of fused-ring (bicyclic) bond motifs is 1. The molecule has 13 heavy (non-hydrogen) atoms. The van der Waals surface area contributed by atoms with E-state index >= 15 is 0 Å². The highest BCUT2D eigenvalue weighted by Gasteiger charge is 2.21. The standard InChI is InChI=1S/C9H8N2O2/c1-13-5-2-3-6-7(4-5)9(12)11-8(6)10/h2-4H,1H3,(H2,10,11,12). The van der Waals surface area contributed by atoms with E-state index in [9.17, 15) is 4.79 Å². The van der Waals surface area contributed by atoms with Crippen molar-refractivity contribution in [1.29, 1.82) is 0 Å². The van der Waals surface area contributed by atoms with E-state index in [-0.39, 0.29) is 11.7 Å². The van der Waals surface area contributed by atoms with E-state index in [1.807, 2.05) is 0 Å². The number of nitrogens with zero attached hydrogens (tertiary/aromatic N) is 1. The molecule has 0 aromatic heterocycles. The molecule has 0 bridgehead atoms. The normalized spacial score (nSPS) is 13.9. The molecule has 0 radical (unpaired) electrons. The van der Waals surface area contributed by atoms with Gasteiger partial charge in [-0.2, -0.15) is 4.99 Å². The summed E-state index contributed by atoms with van der Waals surface area (Å²) in [5.41, 5.74) is 6.71. The smallest absolute Gasteiger partial charge is 0.279 e. The van der Waals surface area contributed by atoms with E-state index in [0.717, 1.165) is 0 Å². The van der Waals surface area contributed by atoms with Crippen LogP contribution in [0.3, 0.4) is 0 Å². The number of hydrogen-bond donors (Lipinski definition) is 1. The second-order valence-electron chi connectivity index (χ2n) is 2.71. The molecule has 1 heterocycles. The Bertz CT molecular complexity index is 410. The Morgan fingerprint density at radius 1 is 1.38 bits per heavy atom. The van der Waals surface area contributed by atoms with E-state index in [4.69, 9.17) is 10.5 Å². The van der Waals surface area contributed by atoms with Crippen LogP contribution in [-0.4, -0.2) is 18.9 Å². The van der Waals surface area contributed by atoms with Crippen molar-refractivity contribution in [3.05, 3.63) is 29.3 Å². The van der Waals surface area contributed by atoms with Gasteiger partial charge >= 0.3 is 0 Å². The zero-order valence-electron chi connectivity index (χ0n) is 7.07. The summed E-state index contributed by atoms with van der Waals surface area (Å²) in [5, 5.41) is 0. The van der Waals surface area contributed by atoms with E-state index in [1.54, 1.807) is 25.3 Å². The SMILES string of the molecule is COc1ccc2c(c1)C(=O)N=C2N. The first-order chi connectivity index (χ1) is 6.22. The van der Waals surface area contributed by atoms with Crippen LogP contribution in [0.15, 0.2) is 23.2 Å². The van der Waals surface area contributed by atoms with Crippen LogP contribution in [-0.2, 0) is 0 Å². The third-order valence-corrected chi connectivity index (χ3v) is 1.96. The number of carbonyl (C=O) groups is 1. The molecule has 0 spiro atoms. The minimum absolute atomic E-state index is 0.280. The van der Waals surface area contributed by atoms with Gasteiger partial charge in [0.25, 0.3) is 5.91 Å². The second kappa shape index (κ2) is 2.58. The maximum Gasteiger partial charge on any atom is 0.279 e. The van der Waals surface area contributed by atoms with Crippen LogP contribution in [0.25, 0.3) is 0 Å². The number of nitrogens with two attached hydrogens (primary N) is 1. The Morgan fingerprint density at radius 2 is 2.15 bits per heavy atom. The van der Waals surface area contributed by atoms with Gasteiger partial charge in [0, 0.05) is 5.56 Å². The summed E-state index contributed by atoms with van der Waals surface area (Å²) in [6, 6.07) is 5.12. The lowest BCUT2D eigenvalue weighted by Crippen LogP contribution is -2.10. The van der Waals surface area contributed by atoms with Gasteiger partial charge in [0.1, 0.15) is 11.6 Å². The fourth-order valence-corrected chi connectivity index (χ4v) is 1.28. The predicted octanol–water partition coefficient (Wildman–Crippen LogP) is 0.554. The summed E-state index contributed by atoms with van der Waals surface area (Å²) in [5.74, 6) is 0.617. The first-order valence-electron chi connectivity index (χ1n) is 3.79. The van der Waals surface area contributed by atoms with Crippen LogP contribution in [0.4, 0.5) is 0 Å². The summed E-state index contributed by atoms with van der Waals surface area (Å²) in [7, 11) is 1.55. The molecule has 0 saturated heterocycles. The maximum absolute atomic E-state index is 11.2. The topological polar surface area (TPSA) is 64.7 Å². The van der Waals surface area contributed by atoms with Crippen molar-refractivity contribution in [3.8, 4) is 5.75 Å². The molecule has 1 aliphatic rings. The van der Waals surface area contributed by atoms with Crippen LogP contribution < -0.4 is 10.5 Å². The average molecular weight is 176 g/mol. The monoisotopic (exact) mass is 176 g/mol. The van der Waals surface area contributed by atoms with Crippen molar-refractivity contribution in [2.75, 3.05) is 7.11 Å². The lowest BCUT2D eigenvalue weighted by molar-refractivity contribution is 0.101. The van der Waals surface area contributed by atoms with E-state index in [1.165, 1.54) is 0 Å². The van der Waals surface area contributed by atoms with Crippen LogP contribution in [0.2, 0.25) is 0 Å². The van der Waals surface area contributed by atoms with Crippen molar-refractivity contribution in [1.82, 2.24) is 0 Å². The van der Waals surface area contributed by atoms with Crippen LogP contribution in [0, 0.1) is 0 Å². The third-order valence-electron chi connectivity index (χ3n) is 1.96. The Labute approximate surface area is 75.0 Å². The molecule has 0 unspecified atom stereocenters. The number of hydrogen-bond acceptors (Lipinski definition) is 3. The van der Waals surface area contributed by atoms with Gasteiger partial charge in [-0.3, -0.25) is 4.79 Å². The molecule has 0 aliphatic carbocycles. The second-order valence-corrected chi connectivity index (χ2v) is 2.71. The number of benzene rings is 1. The van der Waals surface area contributed by atoms with Crippen LogP contribution in [0.1, 0.15) is 15.9 Å². The number of amidine groups is 1. The van der Waals surface area contributed by atoms with Crippen molar-refractivity contribution in [2.24, 2.45) is 10.7 Å². The highest BCUT2D eigenvalue weighted by atomic mass is 16.5. The Morgan fingerprint density at radius 3 is 2.85 bits per heavy atom. The first-order valence-corrected chi connectivity index (χ1v) is 3.79. The number of aliphatic imine (C=N–C) groups is 1. The van der Waals surface area contributed by atoms with Crippen molar-refractivity contribution in [2.45, 2.75) is 0 Å². The van der Waals surface area contributed by atoms with E-state index < -0.39 is 0 Å². The Balaban J connectivity index is 2.58. The molecule has 1 aromatic rings. The summed E-state index contributed by atoms with van der Waals surface area (Å²) in [6.45, 7) is 0. The summed E-state index contributed by atoms with van der Waals surface area (Å²) in [6.07, 6.45) is 0. The minimum Gasteiger partial charge on any atom is -0.497 e. The number of ether oxygens (including phenoxy) is 1. The van der Waals surface area contributed by atoms with Crippen molar-refractivity contribution >= 4 is 11.7 Å². The molecule has 66 valence electrons. The maximum atomic E-state index is 11.2. The zero-order chi connectivity index (χ0) is 9.42. The minimum atomic E-state index is -0.300. The van der Waals surface area contributed by atoms with Crippen LogP contribution in [0.5, 0.6) is 5.75 Å². The predicted molar refractivity (Wildman–Crippen MR) is 48.0 cm³/mol. The number of carbonyl (C=O) groups excluding carboxylic acids is 1. The fraction of sp³-hybridized carbons (Fsp3) is 0.111. The molecule has 0 saturated carbocycles. The quantitative estimate of drug-likeness (QED) is 0.679. The number of amides is 1. The van der Waals surface area contributed by atoms with E-state index in [2.05, 4.69) is 4.99 Å². The van der Waals surface area contributed by atoms with Crippen molar-refractivity contribution < 1.29 is 9.53 Å². The van der Waals surface area contributed by atoms with Gasteiger partial charge < -0.3 is 10.5 Å². The van der Waals surface area contributed by atoms with Gasteiger partial charge in [0.05, 0.1) is 12.7 Å². The molecule has 1 amide bonds. The first kappa shape index (κ1) is 7.79. The highest BCUT2D eigenvalue weighted by molar-refractivity contribution is 6.20.